The van der Waals surface area contributed by atoms with Crippen molar-refractivity contribution in [3.8, 4) is 0 Å². The Hall–Kier alpha value is -2.68. The maximum Gasteiger partial charge on any atom is 0.338 e. The molecule has 2 heterocycles. The molecule has 3 aromatic rings. The molecule has 0 N–H and O–H groups in total. The fraction of sp³-hybridized carbons (Fsp3) is 0.240. The van der Waals surface area contributed by atoms with Crippen LogP contribution in [0.4, 0.5) is 5.69 Å². The number of allylic oxidation sites excluding steroid dienone is 1. The van der Waals surface area contributed by atoms with Crippen LogP contribution in [0, 0.1) is 0 Å². The van der Waals surface area contributed by atoms with Crippen molar-refractivity contribution in [2.75, 3.05) is 25.6 Å². The molecule has 1 aliphatic rings. The predicted molar refractivity (Wildman–Crippen MR) is 140 cm³/mol. The van der Waals surface area contributed by atoms with Crippen LogP contribution in [0.1, 0.15) is 31.0 Å². The van der Waals surface area contributed by atoms with Crippen LogP contribution < -0.4 is 19.8 Å². The third kappa shape index (κ3) is 4.50. The van der Waals surface area contributed by atoms with Crippen LogP contribution in [-0.4, -0.2) is 31.2 Å². The second-order valence-electron chi connectivity index (χ2n) is 7.93. The van der Waals surface area contributed by atoms with Crippen LogP contribution in [-0.2, 0) is 9.53 Å². The van der Waals surface area contributed by atoms with Gasteiger partial charge in [-0.05, 0) is 65.2 Å². The Labute approximate surface area is 214 Å². The van der Waals surface area contributed by atoms with Gasteiger partial charge in [-0.15, -0.1) is 0 Å². The molecule has 34 heavy (non-hydrogen) atoms. The van der Waals surface area contributed by atoms with Gasteiger partial charge in [0.15, 0.2) is 4.80 Å². The molecule has 9 heteroatoms. The zero-order valence-electron chi connectivity index (χ0n) is 19.1. The third-order valence-electron chi connectivity index (χ3n) is 5.47. The summed E-state index contributed by atoms with van der Waals surface area (Å²) in [6, 6.07) is 12.4. The molecule has 0 unspecified atom stereocenters. The lowest BCUT2D eigenvalue weighted by Gasteiger charge is -2.25. The summed E-state index contributed by atoms with van der Waals surface area (Å²) in [4.78, 5) is 33.7. The monoisotopic (exact) mass is 559 g/mol. The van der Waals surface area contributed by atoms with Crippen LogP contribution in [0.25, 0.3) is 6.08 Å². The first-order valence-electron chi connectivity index (χ1n) is 10.6. The number of benzene rings is 2. The first-order valence-corrected chi connectivity index (χ1v) is 12.6. The zero-order valence-corrected chi connectivity index (χ0v) is 22.3. The molecule has 6 nitrogen and oxygen atoms in total. The highest BCUT2D eigenvalue weighted by atomic mass is 79.9. The molecule has 0 radical (unpaired) electrons. The molecule has 0 saturated carbocycles. The Balaban J connectivity index is 1.94. The molecule has 1 aromatic heterocycles. The zero-order chi connectivity index (χ0) is 24.6. The number of hydrogen-bond acceptors (Lipinski definition) is 6. The SMILES string of the molecule is CCOC(=O)C1=C(C)N=c2s/c(=C\c3ccc(N(C)C)c(Br)c3)c(=O)n2[C@H]1c1ccccc1Cl. The van der Waals surface area contributed by atoms with E-state index in [0.717, 1.165) is 15.7 Å². The van der Waals surface area contributed by atoms with E-state index in [9.17, 15) is 9.59 Å². The van der Waals surface area contributed by atoms with Crippen molar-refractivity contribution in [3.63, 3.8) is 0 Å². The lowest BCUT2D eigenvalue weighted by Crippen LogP contribution is -2.40. The number of thiazole rings is 1. The van der Waals surface area contributed by atoms with E-state index < -0.39 is 12.0 Å². The summed E-state index contributed by atoms with van der Waals surface area (Å²) >= 11 is 11.4. The van der Waals surface area contributed by atoms with E-state index in [1.54, 1.807) is 24.5 Å². The van der Waals surface area contributed by atoms with Gasteiger partial charge in [-0.3, -0.25) is 9.36 Å². The van der Waals surface area contributed by atoms with E-state index in [1.165, 1.54) is 11.3 Å². The Morgan fingerprint density at radius 3 is 2.68 bits per heavy atom. The molecule has 1 atom stereocenters. The van der Waals surface area contributed by atoms with Gasteiger partial charge in [0, 0.05) is 23.6 Å². The smallest absolute Gasteiger partial charge is 0.338 e. The van der Waals surface area contributed by atoms with Crippen molar-refractivity contribution in [2.45, 2.75) is 19.9 Å². The minimum atomic E-state index is -0.728. The van der Waals surface area contributed by atoms with Crippen molar-refractivity contribution in [1.29, 1.82) is 0 Å². The standard InChI is InChI=1S/C25H23BrClN3O3S/c1-5-33-24(32)21-14(2)28-25-30(22(21)16-8-6-7-9-18(16)27)23(31)20(34-25)13-15-10-11-19(29(3)4)17(26)12-15/h6-13,22H,5H2,1-4H3/b20-13-/t22-/m0/s1. The summed E-state index contributed by atoms with van der Waals surface area (Å²) in [5, 5.41) is 0.460. The minimum absolute atomic E-state index is 0.215. The van der Waals surface area contributed by atoms with Gasteiger partial charge >= 0.3 is 5.97 Å². The van der Waals surface area contributed by atoms with E-state index >= 15 is 0 Å². The molecule has 0 amide bonds. The highest BCUT2D eigenvalue weighted by Crippen LogP contribution is 2.34. The van der Waals surface area contributed by atoms with Gasteiger partial charge in [0.1, 0.15) is 6.04 Å². The molecule has 2 aromatic carbocycles. The number of nitrogens with zero attached hydrogens (tertiary/aromatic N) is 3. The molecule has 1 aliphatic heterocycles. The summed E-state index contributed by atoms with van der Waals surface area (Å²) in [5.74, 6) is -0.508. The largest absolute Gasteiger partial charge is 0.463 e. The first kappa shape index (κ1) is 24.4. The van der Waals surface area contributed by atoms with Gasteiger partial charge in [-0.2, -0.15) is 0 Å². The molecule has 4 rings (SSSR count). The first-order chi connectivity index (χ1) is 16.2. The lowest BCUT2D eigenvalue weighted by atomic mass is 9.96. The van der Waals surface area contributed by atoms with E-state index in [-0.39, 0.29) is 12.2 Å². The maximum atomic E-state index is 13.7. The summed E-state index contributed by atoms with van der Waals surface area (Å²) in [7, 11) is 3.94. The van der Waals surface area contributed by atoms with Crippen molar-refractivity contribution in [1.82, 2.24) is 4.57 Å². The van der Waals surface area contributed by atoms with Crippen LogP contribution in [0.15, 0.2) is 68.0 Å². The second kappa shape index (κ2) is 9.90. The van der Waals surface area contributed by atoms with Gasteiger partial charge < -0.3 is 9.64 Å². The van der Waals surface area contributed by atoms with Crippen LogP contribution in [0.5, 0.6) is 0 Å². The van der Waals surface area contributed by atoms with Crippen LogP contribution in [0.3, 0.4) is 0 Å². The number of rotatable bonds is 5. The number of carbonyl (C=O) groups is 1. The van der Waals surface area contributed by atoms with E-state index in [4.69, 9.17) is 16.3 Å². The number of halogens is 2. The van der Waals surface area contributed by atoms with Crippen LogP contribution >= 0.6 is 38.9 Å². The third-order valence-corrected chi connectivity index (χ3v) is 7.43. The van der Waals surface area contributed by atoms with Crippen molar-refractivity contribution in [2.24, 2.45) is 4.99 Å². The number of anilines is 1. The van der Waals surface area contributed by atoms with Crippen LogP contribution in [0.2, 0.25) is 5.02 Å². The van der Waals surface area contributed by atoms with Gasteiger partial charge in [-0.1, -0.05) is 47.2 Å². The highest BCUT2D eigenvalue weighted by Gasteiger charge is 2.34. The molecular weight excluding hydrogens is 538 g/mol. The Bertz CT molecular complexity index is 1490. The van der Waals surface area contributed by atoms with Gasteiger partial charge in [0.2, 0.25) is 0 Å². The summed E-state index contributed by atoms with van der Waals surface area (Å²) < 4.78 is 8.29. The van der Waals surface area contributed by atoms with E-state index in [1.807, 2.05) is 61.5 Å². The van der Waals surface area contributed by atoms with Crippen molar-refractivity contribution in [3.05, 3.63) is 94.0 Å². The Morgan fingerprint density at radius 2 is 2.03 bits per heavy atom. The van der Waals surface area contributed by atoms with E-state index in [2.05, 4.69) is 20.9 Å². The summed E-state index contributed by atoms with van der Waals surface area (Å²) in [6.45, 7) is 3.71. The Kier molecular flexibility index (Phi) is 7.12. The molecular formula is C25H23BrClN3O3S. The lowest BCUT2D eigenvalue weighted by molar-refractivity contribution is -0.139. The molecule has 0 saturated heterocycles. The van der Waals surface area contributed by atoms with Gasteiger partial charge in [-0.25, -0.2) is 9.79 Å². The second-order valence-corrected chi connectivity index (χ2v) is 10.2. The number of aromatic nitrogens is 1. The predicted octanol–water partition coefficient (Wildman–Crippen LogP) is 4.28. The van der Waals surface area contributed by atoms with Gasteiger partial charge in [0.25, 0.3) is 5.56 Å². The number of carbonyl (C=O) groups excluding carboxylic acids is 1. The summed E-state index contributed by atoms with van der Waals surface area (Å²) in [6.07, 6.45) is 1.83. The summed E-state index contributed by atoms with van der Waals surface area (Å²) in [5.41, 5.74) is 3.13. The maximum absolute atomic E-state index is 13.7. The molecule has 0 spiro atoms. The molecule has 176 valence electrons. The van der Waals surface area contributed by atoms with Gasteiger partial charge in [0.05, 0.1) is 28.1 Å². The molecule has 0 fully saturated rings. The highest BCUT2D eigenvalue weighted by molar-refractivity contribution is 9.10. The van der Waals surface area contributed by atoms with Crippen molar-refractivity contribution < 1.29 is 9.53 Å². The van der Waals surface area contributed by atoms with Crippen molar-refractivity contribution >= 4 is 56.6 Å². The number of fused-ring (bicyclic) bond motifs is 1. The normalized spacial score (nSPS) is 15.7. The topological polar surface area (TPSA) is 63.9 Å². The Morgan fingerprint density at radius 1 is 1.29 bits per heavy atom. The molecule has 0 aliphatic carbocycles. The fourth-order valence-corrected chi connectivity index (χ4v) is 5.95. The van der Waals surface area contributed by atoms with E-state index in [0.29, 0.717) is 31.2 Å². The fourth-order valence-electron chi connectivity index (χ4n) is 3.91. The minimum Gasteiger partial charge on any atom is -0.463 e. The number of ether oxygens (including phenoxy) is 1. The average molecular weight is 561 g/mol. The quantitative estimate of drug-likeness (QED) is 0.437. The number of hydrogen-bond donors (Lipinski definition) is 0. The number of esters is 1. The average Bonchev–Trinajstić information content (AvgIpc) is 3.07. The molecule has 0 bridgehead atoms.